The van der Waals surface area contributed by atoms with E-state index in [9.17, 15) is 22.8 Å². The maximum atomic E-state index is 12.7. The largest absolute Gasteiger partial charge is 0.417 e. The van der Waals surface area contributed by atoms with E-state index in [2.05, 4.69) is 10.3 Å². The molecular weight excluding hydrogens is 379 g/mol. The molecule has 140 valence electrons. The number of thiazole rings is 1. The number of nitrogens with one attached hydrogen (secondary N) is 1. The molecule has 1 aromatic carbocycles. The maximum absolute atomic E-state index is 12.7. The Morgan fingerprint density at radius 2 is 1.89 bits per heavy atom. The first-order valence-corrected chi connectivity index (χ1v) is 8.70. The molecule has 0 saturated heterocycles. The van der Waals surface area contributed by atoms with Crippen LogP contribution < -0.4 is 10.9 Å². The lowest BCUT2D eigenvalue weighted by molar-refractivity contribution is -0.138. The van der Waals surface area contributed by atoms with Crippen LogP contribution in [0, 0.1) is 6.92 Å². The van der Waals surface area contributed by atoms with Crippen LogP contribution in [0.2, 0.25) is 0 Å². The highest BCUT2D eigenvalue weighted by Gasteiger charge is 2.31. The zero-order valence-electron chi connectivity index (χ0n) is 14.1. The van der Waals surface area contributed by atoms with Crippen molar-refractivity contribution in [2.24, 2.45) is 0 Å². The Morgan fingerprint density at radius 3 is 2.48 bits per heavy atom. The van der Waals surface area contributed by atoms with Crippen LogP contribution in [0.1, 0.15) is 10.6 Å². The molecule has 3 aromatic rings. The van der Waals surface area contributed by atoms with E-state index in [1.807, 2.05) is 12.3 Å². The standard InChI is InChI=1S/C18H14F3N3O2S/c1-11-22-15(10-27-11)12-2-5-14(6-3-12)23-16(25)9-24-8-13(18(19,20)21)4-7-17(24)26/h2-8,10H,9H2,1H3,(H,23,25). The van der Waals surface area contributed by atoms with Gasteiger partial charge in [-0.15, -0.1) is 11.3 Å². The quantitative estimate of drug-likeness (QED) is 0.730. The van der Waals surface area contributed by atoms with Gasteiger partial charge in [0.15, 0.2) is 0 Å². The summed E-state index contributed by atoms with van der Waals surface area (Å²) in [6, 6.07) is 8.37. The first-order valence-electron chi connectivity index (χ1n) is 7.82. The number of carbonyl (C=O) groups is 1. The number of hydrogen-bond acceptors (Lipinski definition) is 4. The van der Waals surface area contributed by atoms with Gasteiger partial charge in [-0.25, -0.2) is 4.98 Å². The van der Waals surface area contributed by atoms with E-state index in [0.29, 0.717) is 18.0 Å². The number of rotatable bonds is 4. The van der Waals surface area contributed by atoms with Gasteiger partial charge < -0.3 is 9.88 Å². The number of pyridine rings is 1. The smallest absolute Gasteiger partial charge is 0.325 e. The molecule has 2 heterocycles. The Balaban J connectivity index is 1.70. The zero-order valence-corrected chi connectivity index (χ0v) is 14.9. The number of aryl methyl sites for hydroxylation is 1. The molecule has 0 spiro atoms. The van der Waals surface area contributed by atoms with Gasteiger partial charge in [-0.05, 0) is 25.1 Å². The van der Waals surface area contributed by atoms with Gasteiger partial charge in [-0.3, -0.25) is 9.59 Å². The van der Waals surface area contributed by atoms with Crippen LogP contribution >= 0.6 is 11.3 Å². The molecule has 0 aliphatic rings. The van der Waals surface area contributed by atoms with E-state index >= 15 is 0 Å². The topological polar surface area (TPSA) is 64.0 Å². The Kier molecular flexibility index (Phi) is 5.13. The Morgan fingerprint density at radius 1 is 1.19 bits per heavy atom. The molecular formula is C18H14F3N3O2S. The van der Waals surface area contributed by atoms with Gasteiger partial charge in [-0.2, -0.15) is 13.2 Å². The van der Waals surface area contributed by atoms with Crippen LogP contribution in [0.15, 0.2) is 52.8 Å². The van der Waals surface area contributed by atoms with Gasteiger partial charge in [0.1, 0.15) is 6.54 Å². The molecule has 0 saturated carbocycles. The van der Waals surface area contributed by atoms with E-state index in [0.717, 1.165) is 26.9 Å². The molecule has 0 fully saturated rings. The molecule has 1 amide bonds. The van der Waals surface area contributed by atoms with Crippen molar-refractivity contribution in [3.8, 4) is 11.3 Å². The first kappa shape index (κ1) is 18.8. The average molecular weight is 393 g/mol. The van der Waals surface area contributed by atoms with E-state index in [4.69, 9.17) is 0 Å². The minimum atomic E-state index is -4.59. The zero-order chi connectivity index (χ0) is 19.6. The lowest BCUT2D eigenvalue weighted by Crippen LogP contribution is -2.28. The Bertz CT molecular complexity index is 1020. The summed E-state index contributed by atoms with van der Waals surface area (Å²) < 4.78 is 39.0. The summed E-state index contributed by atoms with van der Waals surface area (Å²) >= 11 is 1.53. The summed E-state index contributed by atoms with van der Waals surface area (Å²) in [5.41, 5.74) is 0.498. The van der Waals surface area contributed by atoms with Gasteiger partial charge in [0.25, 0.3) is 5.56 Å². The van der Waals surface area contributed by atoms with E-state index < -0.39 is 29.8 Å². The molecule has 0 bridgehead atoms. The number of aromatic nitrogens is 2. The van der Waals surface area contributed by atoms with Gasteiger partial charge >= 0.3 is 6.18 Å². The number of hydrogen-bond donors (Lipinski definition) is 1. The van der Waals surface area contributed by atoms with Crippen molar-refractivity contribution in [1.82, 2.24) is 9.55 Å². The van der Waals surface area contributed by atoms with E-state index in [1.165, 1.54) is 11.3 Å². The third kappa shape index (κ3) is 4.62. The van der Waals surface area contributed by atoms with Crippen LogP contribution in [-0.4, -0.2) is 15.5 Å². The predicted molar refractivity (Wildman–Crippen MR) is 96.6 cm³/mol. The highest BCUT2D eigenvalue weighted by Crippen LogP contribution is 2.28. The Hall–Kier alpha value is -2.94. The minimum absolute atomic E-state index is 0.468. The fourth-order valence-electron chi connectivity index (χ4n) is 2.40. The van der Waals surface area contributed by atoms with Crippen molar-refractivity contribution in [2.75, 3.05) is 5.32 Å². The van der Waals surface area contributed by atoms with Crippen LogP contribution in [0.3, 0.4) is 0 Å². The highest BCUT2D eigenvalue weighted by molar-refractivity contribution is 7.09. The summed E-state index contributed by atoms with van der Waals surface area (Å²) in [6.07, 6.45) is -3.95. The average Bonchev–Trinajstić information content (AvgIpc) is 3.03. The SMILES string of the molecule is Cc1nc(-c2ccc(NC(=O)Cn3cc(C(F)(F)F)ccc3=O)cc2)cs1. The normalized spacial score (nSPS) is 11.4. The first-order chi connectivity index (χ1) is 12.7. The molecule has 0 aliphatic heterocycles. The highest BCUT2D eigenvalue weighted by atomic mass is 32.1. The second-order valence-electron chi connectivity index (χ2n) is 5.76. The molecule has 0 unspecified atom stereocenters. The molecule has 9 heteroatoms. The summed E-state index contributed by atoms with van der Waals surface area (Å²) in [7, 11) is 0. The van der Waals surface area contributed by atoms with Gasteiger partial charge in [0.05, 0.1) is 16.3 Å². The molecule has 0 aliphatic carbocycles. The molecule has 1 N–H and O–H groups in total. The summed E-state index contributed by atoms with van der Waals surface area (Å²) in [5, 5.41) is 5.42. The summed E-state index contributed by atoms with van der Waals surface area (Å²) in [6.45, 7) is 1.38. The minimum Gasteiger partial charge on any atom is -0.325 e. The second kappa shape index (κ2) is 7.36. The van der Waals surface area contributed by atoms with Gasteiger partial charge in [0.2, 0.25) is 5.91 Å². The number of nitrogens with zero attached hydrogens (tertiary/aromatic N) is 2. The fourth-order valence-corrected chi connectivity index (χ4v) is 3.02. The number of alkyl halides is 3. The van der Waals surface area contributed by atoms with Crippen molar-refractivity contribution in [2.45, 2.75) is 19.6 Å². The van der Waals surface area contributed by atoms with Crippen molar-refractivity contribution in [1.29, 1.82) is 0 Å². The maximum Gasteiger partial charge on any atom is 0.417 e. The van der Waals surface area contributed by atoms with E-state index in [-0.39, 0.29) is 0 Å². The summed E-state index contributed by atoms with van der Waals surface area (Å²) in [4.78, 5) is 28.2. The fraction of sp³-hybridized carbons (Fsp3) is 0.167. The van der Waals surface area contributed by atoms with Crippen LogP contribution in [0.4, 0.5) is 18.9 Å². The molecule has 0 atom stereocenters. The molecule has 27 heavy (non-hydrogen) atoms. The molecule has 0 radical (unpaired) electrons. The number of carbonyl (C=O) groups excluding carboxylic acids is 1. The lowest BCUT2D eigenvalue weighted by Gasteiger charge is -2.11. The predicted octanol–water partition coefficient (Wildman–Crippen LogP) is 3.94. The van der Waals surface area contributed by atoms with Crippen LogP contribution in [0.5, 0.6) is 0 Å². The number of halogens is 3. The van der Waals surface area contributed by atoms with E-state index in [1.54, 1.807) is 24.3 Å². The third-order valence-corrected chi connectivity index (χ3v) is 4.48. The van der Waals surface area contributed by atoms with Crippen molar-refractivity contribution in [3.63, 3.8) is 0 Å². The molecule has 2 aromatic heterocycles. The number of amides is 1. The Labute approximate surface area is 156 Å². The van der Waals surface area contributed by atoms with Gasteiger partial charge in [-0.1, -0.05) is 12.1 Å². The van der Waals surface area contributed by atoms with Crippen molar-refractivity contribution >= 4 is 22.9 Å². The summed E-state index contributed by atoms with van der Waals surface area (Å²) in [5.74, 6) is -0.603. The van der Waals surface area contributed by atoms with Crippen molar-refractivity contribution < 1.29 is 18.0 Å². The van der Waals surface area contributed by atoms with Crippen molar-refractivity contribution in [3.05, 3.63) is 68.9 Å². The molecule has 5 nitrogen and oxygen atoms in total. The number of anilines is 1. The van der Waals surface area contributed by atoms with Gasteiger partial charge in [0, 0.05) is 28.9 Å². The lowest BCUT2D eigenvalue weighted by atomic mass is 10.1. The third-order valence-electron chi connectivity index (χ3n) is 3.71. The van der Waals surface area contributed by atoms with Crippen LogP contribution in [-0.2, 0) is 17.5 Å². The second-order valence-corrected chi connectivity index (χ2v) is 6.82. The number of benzene rings is 1. The monoisotopic (exact) mass is 393 g/mol. The molecule has 3 rings (SSSR count). The van der Waals surface area contributed by atoms with Crippen LogP contribution in [0.25, 0.3) is 11.3 Å².